The Balaban J connectivity index is 0.00000288. The zero-order chi connectivity index (χ0) is 16.7. The second kappa shape index (κ2) is 9.58. The van der Waals surface area contributed by atoms with Gasteiger partial charge in [-0.05, 0) is 31.6 Å². The SMILES string of the molecule is CCCOC(C(=O)CN(C)C)(c1ccccc1)c1ccccc1.Cl. The summed E-state index contributed by atoms with van der Waals surface area (Å²) in [6.45, 7) is 2.91. The number of rotatable bonds is 8. The first-order valence-electron chi connectivity index (χ1n) is 8.04. The van der Waals surface area contributed by atoms with E-state index in [0.29, 0.717) is 13.2 Å². The number of ketones is 1. The molecule has 0 unspecified atom stereocenters. The summed E-state index contributed by atoms with van der Waals surface area (Å²) >= 11 is 0. The molecule has 2 rings (SSSR count). The summed E-state index contributed by atoms with van der Waals surface area (Å²) in [7, 11) is 3.80. The molecule has 2 aromatic carbocycles. The van der Waals surface area contributed by atoms with Gasteiger partial charge in [-0.15, -0.1) is 12.4 Å². The number of ether oxygens (including phenoxy) is 1. The molecular formula is C20H26ClNO2. The number of halogens is 1. The van der Waals surface area contributed by atoms with Crippen LogP contribution in [0.1, 0.15) is 24.5 Å². The molecule has 130 valence electrons. The fourth-order valence-corrected chi connectivity index (χ4v) is 2.74. The minimum Gasteiger partial charge on any atom is -0.358 e. The second-order valence-corrected chi connectivity index (χ2v) is 5.92. The predicted octanol–water partition coefficient (Wildman–Crippen LogP) is 3.91. The fraction of sp³-hybridized carbons (Fsp3) is 0.350. The molecule has 0 bridgehead atoms. The van der Waals surface area contributed by atoms with Crippen molar-refractivity contribution in [3.8, 4) is 0 Å². The molecule has 0 aromatic heterocycles. The number of likely N-dealkylation sites (N-methyl/N-ethyl adjacent to an activating group) is 1. The van der Waals surface area contributed by atoms with Gasteiger partial charge in [0.25, 0.3) is 0 Å². The first kappa shape index (κ1) is 20.4. The van der Waals surface area contributed by atoms with Gasteiger partial charge in [0.15, 0.2) is 11.4 Å². The van der Waals surface area contributed by atoms with Crippen LogP contribution in [0.15, 0.2) is 60.7 Å². The van der Waals surface area contributed by atoms with Crippen LogP contribution >= 0.6 is 12.4 Å². The maximum atomic E-state index is 13.2. The Labute approximate surface area is 151 Å². The van der Waals surface area contributed by atoms with Gasteiger partial charge >= 0.3 is 0 Å². The smallest absolute Gasteiger partial charge is 0.187 e. The van der Waals surface area contributed by atoms with Gasteiger partial charge in [-0.2, -0.15) is 0 Å². The quantitative estimate of drug-likeness (QED) is 0.725. The first-order chi connectivity index (χ1) is 11.1. The van der Waals surface area contributed by atoms with E-state index in [1.807, 2.05) is 79.7 Å². The van der Waals surface area contributed by atoms with Crippen molar-refractivity contribution in [2.24, 2.45) is 0 Å². The lowest BCUT2D eigenvalue weighted by Crippen LogP contribution is -2.44. The first-order valence-corrected chi connectivity index (χ1v) is 8.04. The molecule has 0 aliphatic heterocycles. The summed E-state index contributed by atoms with van der Waals surface area (Å²) in [6.07, 6.45) is 0.858. The third-order valence-corrected chi connectivity index (χ3v) is 3.74. The highest BCUT2D eigenvalue weighted by Gasteiger charge is 2.42. The van der Waals surface area contributed by atoms with Crippen molar-refractivity contribution in [1.29, 1.82) is 0 Å². The van der Waals surface area contributed by atoms with Crippen LogP contribution in [0.4, 0.5) is 0 Å². The van der Waals surface area contributed by atoms with Crippen molar-refractivity contribution in [3.63, 3.8) is 0 Å². The van der Waals surface area contributed by atoms with E-state index in [1.54, 1.807) is 0 Å². The molecule has 0 spiro atoms. The molecule has 3 nitrogen and oxygen atoms in total. The second-order valence-electron chi connectivity index (χ2n) is 5.92. The standard InChI is InChI=1S/C20H25NO2.ClH/c1-4-15-23-20(19(22)16-21(2)3,17-11-7-5-8-12-17)18-13-9-6-10-14-18;/h5-14H,4,15-16H2,1-3H3;1H. The van der Waals surface area contributed by atoms with Gasteiger partial charge in [0.05, 0.1) is 6.54 Å². The van der Waals surface area contributed by atoms with Gasteiger partial charge in [-0.25, -0.2) is 0 Å². The van der Waals surface area contributed by atoms with Crippen LogP contribution in [-0.4, -0.2) is 37.9 Å². The van der Waals surface area contributed by atoms with E-state index in [2.05, 4.69) is 6.92 Å². The van der Waals surface area contributed by atoms with Gasteiger partial charge in [-0.1, -0.05) is 67.6 Å². The Hall–Kier alpha value is -1.68. The van der Waals surface area contributed by atoms with E-state index < -0.39 is 5.60 Å². The van der Waals surface area contributed by atoms with Gasteiger partial charge in [-0.3, -0.25) is 4.79 Å². The molecule has 0 saturated heterocycles. The topological polar surface area (TPSA) is 29.5 Å². The summed E-state index contributed by atoms with van der Waals surface area (Å²) < 4.78 is 6.24. The van der Waals surface area contributed by atoms with E-state index in [4.69, 9.17) is 4.74 Å². The zero-order valence-electron chi connectivity index (χ0n) is 14.6. The lowest BCUT2D eigenvalue weighted by Gasteiger charge is -2.34. The maximum absolute atomic E-state index is 13.2. The van der Waals surface area contributed by atoms with E-state index in [-0.39, 0.29) is 18.2 Å². The fourth-order valence-electron chi connectivity index (χ4n) is 2.74. The van der Waals surface area contributed by atoms with Gasteiger partial charge < -0.3 is 9.64 Å². The molecule has 0 saturated carbocycles. The van der Waals surface area contributed by atoms with Crippen molar-refractivity contribution < 1.29 is 9.53 Å². The highest BCUT2D eigenvalue weighted by Crippen LogP contribution is 2.35. The Morgan fingerprint density at radius 3 is 1.79 bits per heavy atom. The minimum atomic E-state index is -1.05. The lowest BCUT2D eigenvalue weighted by molar-refractivity contribution is -0.141. The molecule has 0 fully saturated rings. The number of hydrogen-bond acceptors (Lipinski definition) is 3. The van der Waals surface area contributed by atoms with Crippen molar-refractivity contribution in [1.82, 2.24) is 4.90 Å². The van der Waals surface area contributed by atoms with Crippen molar-refractivity contribution in [3.05, 3.63) is 71.8 Å². The van der Waals surface area contributed by atoms with Crippen LogP contribution < -0.4 is 0 Å². The van der Waals surface area contributed by atoms with Crippen LogP contribution in [0.2, 0.25) is 0 Å². The van der Waals surface area contributed by atoms with E-state index in [0.717, 1.165) is 17.5 Å². The molecule has 0 N–H and O–H groups in total. The summed E-state index contributed by atoms with van der Waals surface area (Å²) in [5.41, 5.74) is 0.709. The highest BCUT2D eigenvalue weighted by molar-refractivity contribution is 5.93. The molecule has 0 aliphatic rings. The molecular weight excluding hydrogens is 322 g/mol. The summed E-state index contributed by atoms with van der Waals surface area (Å²) in [6, 6.07) is 19.6. The number of nitrogens with zero attached hydrogens (tertiary/aromatic N) is 1. The van der Waals surface area contributed by atoms with E-state index in [9.17, 15) is 4.79 Å². The Bertz CT molecular complexity index is 575. The molecule has 0 radical (unpaired) electrons. The zero-order valence-corrected chi connectivity index (χ0v) is 15.4. The van der Waals surface area contributed by atoms with Crippen LogP contribution in [-0.2, 0) is 15.1 Å². The molecule has 2 aromatic rings. The van der Waals surface area contributed by atoms with Crippen molar-refractivity contribution >= 4 is 18.2 Å². The summed E-state index contributed by atoms with van der Waals surface area (Å²) in [4.78, 5) is 15.1. The lowest BCUT2D eigenvalue weighted by atomic mass is 9.82. The van der Waals surface area contributed by atoms with E-state index >= 15 is 0 Å². The van der Waals surface area contributed by atoms with Gasteiger partial charge in [0, 0.05) is 6.61 Å². The average Bonchev–Trinajstić information content (AvgIpc) is 2.57. The molecule has 0 atom stereocenters. The number of carbonyl (C=O) groups is 1. The molecule has 0 amide bonds. The van der Waals surface area contributed by atoms with Crippen molar-refractivity contribution in [2.75, 3.05) is 27.2 Å². The third-order valence-electron chi connectivity index (χ3n) is 3.74. The third kappa shape index (κ3) is 4.44. The van der Waals surface area contributed by atoms with Crippen LogP contribution in [0.3, 0.4) is 0 Å². The van der Waals surface area contributed by atoms with Crippen LogP contribution in [0, 0.1) is 0 Å². The Kier molecular flexibility index (Phi) is 8.13. The summed E-state index contributed by atoms with van der Waals surface area (Å²) in [5.74, 6) is 0.0494. The summed E-state index contributed by atoms with van der Waals surface area (Å²) in [5, 5.41) is 0. The van der Waals surface area contributed by atoms with Crippen molar-refractivity contribution in [2.45, 2.75) is 18.9 Å². The Morgan fingerprint density at radius 1 is 0.958 bits per heavy atom. The monoisotopic (exact) mass is 347 g/mol. The minimum absolute atomic E-state index is 0. The van der Waals surface area contributed by atoms with Gasteiger partial charge in [0.1, 0.15) is 0 Å². The maximum Gasteiger partial charge on any atom is 0.187 e. The molecule has 4 heteroatoms. The van der Waals surface area contributed by atoms with Crippen LogP contribution in [0.25, 0.3) is 0 Å². The molecule has 24 heavy (non-hydrogen) atoms. The number of Topliss-reactive ketones (excluding diaryl/α,β-unsaturated/α-hetero) is 1. The number of hydrogen-bond donors (Lipinski definition) is 0. The number of carbonyl (C=O) groups excluding carboxylic acids is 1. The Morgan fingerprint density at radius 2 is 1.42 bits per heavy atom. The molecule has 0 aliphatic carbocycles. The number of benzene rings is 2. The molecule has 0 heterocycles. The van der Waals surface area contributed by atoms with Crippen LogP contribution in [0.5, 0.6) is 0 Å². The largest absolute Gasteiger partial charge is 0.358 e. The highest BCUT2D eigenvalue weighted by atomic mass is 35.5. The van der Waals surface area contributed by atoms with Gasteiger partial charge in [0.2, 0.25) is 0 Å². The normalized spacial score (nSPS) is 11.2. The average molecular weight is 348 g/mol. The van der Waals surface area contributed by atoms with E-state index in [1.165, 1.54) is 0 Å². The predicted molar refractivity (Wildman–Crippen MR) is 101 cm³/mol.